The third-order valence-corrected chi connectivity index (χ3v) is 4.22. The number of nitrogens with one attached hydrogen (secondary N) is 2. The van der Waals surface area contributed by atoms with E-state index in [1.807, 2.05) is 12.1 Å². The Labute approximate surface area is 126 Å². The Balaban J connectivity index is 2.33. The molecule has 4 heteroatoms. The molecule has 0 radical (unpaired) electrons. The number of halogens is 1. The van der Waals surface area contributed by atoms with Crippen LogP contribution >= 0.6 is 11.6 Å². The third kappa shape index (κ3) is 3.74. The summed E-state index contributed by atoms with van der Waals surface area (Å²) >= 11 is 6.17. The highest BCUT2D eigenvalue weighted by Gasteiger charge is 2.22. The van der Waals surface area contributed by atoms with E-state index in [2.05, 4.69) is 23.6 Å². The number of benzene rings is 1. The van der Waals surface area contributed by atoms with Crippen molar-refractivity contribution < 1.29 is 4.79 Å². The summed E-state index contributed by atoms with van der Waals surface area (Å²) in [7, 11) is 0. The second kappa shape index (κ2) is 7.09. The summed E-state index contributed by atoms with van der Waals surface area (Å²) < 4.78 is 0. The molecule has 0 aliphatic carbocycles. The minimum atomic E-state index is 0.00749. The van der Waals surface area contributed by atoms with Crippen molar-refractivity contribution in [2.75, 3.05) is 13.1 Å². The molecule has 1 fully saturated rings. The summed E-state index contributed by atoms with van der Waals surface area (Å²) in [5.74, 6) is 0.569. The second-order valence-corrected chi connectivity index (χ2v) is 5.90. The van der Waals surface area contributed by atoms with E-state index in [1.165, 1.54) is 11.1 Å². The zero-order valence-corrected chi connectivity index (χ0v) is 13.0. The lowest BCUT2D eigenvalue weighted by Crippen LogP contribution is -2.29. The standard InChI is InChI=1S/C16H23ClN2O/c1-3-16(19-11(2)20)15-10-13(17)4-5-14(15)12-6-8-18-9-7-12/h4-5,10,12,16,18H,3,6-9H2,1-2H3,(H,19,20). The Kier molecular flexibility index (Phi) is 5.44. The average molecular weight is 295 g/mol. The predicted octanol–water partition coefficient (Wildman–Crippen LogP) is 3.39. The van der Waals surface area contributed by atoms with Crippen molar-refractivity contribution in [1.82, 2.24) is 10.6 Å². The molecule has 1 aliphatic heterocycles. The van der Waals surface area contributed by atoms with Crippen molar-refractivity contribution in [2.24, 2.45) is 0 Å². The molecule has 1 heterocycles. The number of rotatable bonds is 4. The number of hydrogen-bond acceptors (Lipinski definition) is 2. The maximum absolute atomic E-state index is 11.4. The highest BCUT2D eigenvalue weighted by Crippen LogP contribution is 2.34. The van der Waals surface area contributed by atoms with Crippen LogP contribution in [0.25, 0.3) is 0 Å². The number of amides is 1. The lowest BCUT2D eigenvalue weighted by atomic mass is 9.84. The van der Waals surface area contributed by atoms with Crippen molar-refractivity contribution in [3.05, 3.63) is 34.3 Å². The van der Waals surface area contributed by atoms with Crippen LogP contribution in [0.2, 0.25) is 5.02 Å². The zero-order valence-electron chi connectivity index (χ0n) is 12.2. The third-order valence-electron chi connectivity index (χ3n) is 3.99. The maximum Gasteiger partial charge on any atom is 0.217 e. The maximum atomic E-state index is 11.4. The van der Waals surface area contributed by atoms with Gasteiger partial charge in [-0.3, -0.25) is 4.79 Å². The van der Waals surface area contributed by atoms with Crippen molar-refractivity contribution in [2.45, 2.75) is 45.1 Å². The molecule has 0 spiro atoms. The summed E-state index contributed by atoms with van der Waals surface area (Å²) in [6.07, 6.45) is 3.16. The summed E-state index contributed by atoms with van der Waals surface area (Å²) in [6, 6.07) is 6.17. The lowest BCUT2D eigenvalue weighted by Gasteiger charge is -2.28. The van der Waals surface area contributed by atoms with E-state index in [0.717, 1.165) is 37.4 Å². The molecule has 1 unspecified atom stereocenters. The number of piperidine rings is 1. The van der Waals surface area contributed by atoms with Gasteiger partial charge in [0.1, 0.15) is 0 Å². The molecule has 1 amide bonds. The smallest absolute Gasteiger partial charge is 0.217 e. The summed E-state index contributed by atoms with van der Waals surface area (Å²) in [5, 5.41) is 7.17. The molecule has 1 aromatic carbocycles. The fourth-order valence-corrected chi connectivity index (χ4v) is 3.18. The number of carbonyl (C=O) groups is 1. The highest BCUT2D eigenvalue weighted by atomic mass is 35.5. The zero-order chi connectivity index (χ0) is 14.5. The van der Waals surface area contributed by atoms with Crippen molar-refractivity contribution in [3.8, 4) is 0 Å². The van der Waals surface area contributed by atoms with Gasteiger partial charge in [-0.1, -0.05) is 24.6 Å². The minimum absolute atomic E-state index is 0.00749. The molecular weight excluding hydrogens is 272 g/mol. The summed E-state index contributed by atoms with van der Waals surface area (Å²) in [5.41, 5.74) is 2.53. The van der Waals surface area contributed by atoms with E-state index in [0.29, 0.717) is 5.92 Å². The molecule has 1 saturated heterocycles. The van der Waals surface area contributed by atoms with Crippen LogP contribution in [0.15, 0.2) is 18.2 Å². The lowest BCUT2D eigenvalue weighted by molar-refractivity contribution is -0.119. The minimum Gasteiger partial charge on any atom is -0.350 e. The van der Waals surface area contributed by atoms with Gasteiger partial charge in [-0.15, -0.1) is 0 Å². The van der Waals surface area contributed by atoms with E-state index in [-0.39, 0.29) is 11.9 Å². The Morgan fingerprint density at radius 1 is 1.45 bits per heavy atom. The van der Waals surface area contributed by atoms with Crippen LogP contribution in [-0.4, -0.2) is 19.0 Å². The highest BCUT2D eigenvalue weighted by molar-refractivity contribution is 6.30. The van der Waals surface area contributed by atoms with Gasteiger partial charge in [0.2, 0.25) is 5.91 Å². The van der Waals surface area contributed by atoms with Crippen LogP contribution < -0.4 is 10.6 Å². The number of hydrogen-bond donors (Lipinski definition) is 2. The fraction of sp³-hybridized carbons (Fsp3) is 0.562. The second-order valence-electron chi connectivity index (χ2n) is 5.46. The Hall–Kier alpha value is -1.06. The first-order chi connectivity index (χ1) is 9.61. The molecule has 110 valence electrons. The first-order valence-corrected chi connectivity index (χ1v) is 7.76. The molecule has 0 aromatic heterocycles. The molecule has 1 aliphatic rings. The topological polar surface area (TPSA) is 41.1 Å². The number of carbonyl (C=O) groups excluding carboxylic acids is 1. The van der Waals surface area contributed by atoms with E-state index in [1.54, 1.807) is 6.92 Å². The van der Waals surface area contributed by atoms with Gasteiger partial charge < -0.3 is 10.6 Å². The molecular formula is C16H23ClN2O. The van der Waals surface area contributed by atoms with Crippen LogP contribution in [0.5, 0.6) is 0 Å². The van der Waals surface area contributed by atoms with Crippen LogP contribution in [-0.2, 0) is 4.79 Å². The van der Waals surface area contributed by atoms with E-state index in [9.17, 15) is 4.79 Å². The van der Waals surface area contributed by atoms with Gasteiger partial charge in [0, 0.05) is 11.9 Å². The van der Waals surface area contributed by atoms with Crippen LogP contribution in [0.3, 0.4) is 0 Å². The van der Waals surface area contributed by atoms with Crippen LogP contribution in [0, 0.1) is 0 Å². The molecule has 3 nitrogen and oxygen atoms in total. The largest absolute Gasteiger partial charge is 0.350 e. The molecule has 2 N–H and O–H groups in total. The first-order valence-electron chi connectivity index (χ1n) is 7.39. The molecule has 1 atom stereocenters. The van der Waals surface area contributed by atoms with Crippen molar-refractivity contribution >= 4 is 17.5 Å². The Morgan fingerprint density at radius 3 is 2.75 bits per heavy atom. The fourth-order valence-electron chi connectivity index (χ4n) is 3.00. The van der Waals surface area contributed by atoms with Gasteiger partial charge in [-0.2, -0.15) is 0 Å². The predicted molar refractivity (Wildman–Crippen MR) is 83.1 cm³/mol. The van der Waals surface area contributed by atoms with E-state index in [4.69, 9.17) is 11.6 Å². The molecule has 20 heavy (non-hydrogen) atoms. The van der Waals surface area contributed by atoms with Gasteiger partial charge in [0.15, 0.2) is 0 Å². The van der Waals surface area contributed by atoms with Crippen molar-refractivity contribution in [1.29, 1.82) is 0 Å². The van der Waals surface area contributed by atoms with Crippen LogP contribution in [0.4, 0.5) is 0 Å². The van der Waals surface area contributed by atoms with Gasteiger partial charge in [-0.05, 0) is 61.5 Å². The van der Waals surface area contributed by atoms with Gasteiger partial charge >= 0.3 is 0 Å². The van der Waals surface area contributed by atoms with Crippen molar-refractivity contribution in [3.63, 3.8) is 0 Å². The summed E-state index contributed by atoms with van der Waals surface area (Å²) in [4.78, 5) is 11.4. The normalized spacial score (nSPS) is 17.8. The molecule has 2 rings (SSSR count). The monoisotopic (exact) mass is 294 g/mol. The van der Waals surface area contributed by atoms with Crippen LogP contribution in [0.1, 0.15) is 56.2 Å². The van der Waals surface area contributed by atoms with E-state index < -0.39 is 0 Å². The molecule has 1 aromatic rings. The average Bonchev–Trinajstić information content (AvgIpc) is 2.45. The van der Waals surface area contributed by atoms with Gasteiger partial charge in [0.25, 0.3) is 0 Å². The summed E-state index contributed by atoms with van der Waals surface area (Å²) in [6.45, 7) is 5.78. The Morgan fingerprint density at radius 2 is 2.15 bits per heavy atom. The van der Waals surface area contributed by atoms with Gasteiger partial charge in [-0.25, -0.2) is 0 Å². The quantitative estimate of drug-likeness (QED) is 0.894. The van der Waals surface area contributed by atoms with Gasteiger partial charge in [0.05, 0.1) is 6.04 Å². The first kappa shape index (κ1) is 15.3. The Bertz CT molecular complexity index is 470. The van der Waals surface area contributed by atoms with E-state index >= 15 is 0 Å². The molecule has 0 bridgehead atoms. The molecule has 0 saturated carbocycles. The SMILES string of the molecule is CCC(NC(C)=O)c1cc(Cl)ccc1C1CCNCC1.